The van der Waals surface area contributed by atoms with Crippen molar-refractivity contribution in [2.45, 2.75) is 38.3 Å². The molecule has 0 unspecified atom stereocenters. The van der Waals surface area contributed by atoms with Crippen molar-refractivity contribution in [3.63, 3.8) is 0 Å². The zero-order chi connectivity index (χ0) is 14.8. The first kappa shape index (κ1) is 14.1. The maximum Gasteiger partial charge on any atom is 0.336 e. The fourth-order valence-electron chi connectivity index (χ4n) is 3.21. The highest BCUT2D eigenvalue weighted by atomic mass is 16.5. The van der Waals surface area contributed by atoms with E-state index in [0.717, 1.165) is 17.5 Å². The Morgan fingerprint density at radius 2 is 2.05 bits per heavy atom. The van der Waals surface area contributed by atoms with Gasteiger partial charge in [-0.1, -0.05) is 12.8 Å². The van der Waals surface area contributed by atoms with Crippen LogP contribution in [0.4, 0.5) is 0 Å². The second-order valence-electron chi connectivity index (χ2n) is 5.81. The number of methoxy groups -OCH3 is 1. The molecule has 21 heavy (non-hydrogen) atoms. The predicted molar refractivity (Wildman–Crippen MR) is 82.8 cm³/mol. The van der Waals surface area contributed by atoms with Gasteiger partial charge >= 0.3 is 5.63 Å². The average Bonchev–Trinajstić information content (AvgIpc) is 3.00. The van der Waals surface area contributed by atoms with Crippen LogP contribution in [0.1, 0.15) is 31.2 Å². The van der Waals surface area contributed by atoms with Crippen molar-refractivity contribution in [2.24, 2.45) is 0 Å². The molecule has 1 aliphatic carbocycles. The Morgan fingerprint density at radius 3 is 2.76 bits per heavy atom. The molecule has 3 rings (SSSR count). The molecule has 1 saturated carbocycles. The van der Waals surface area contributed by atoms with Gasteiger partial charge in [0.2, 0.25) is 0 Å². The minimum atomic E-state index is -0.300. The standard InChI is InChI=1S/C17H21NO3/c1-18(13-5-3-4-6-13)11-12-9-17(19)21-16-10-14(20-2)7-8-15(12)16/h7-10,13H,3-6,11H2,1-2H3. The van der Waals surface area contributed by atoms with Gasteiger partial charge in [-0.25, -0.2) is 4.79 Å². The summed E-state index contributed by atoms with van der Waals surface area (Å²) in [5.41, 5.74) is 1.32. The Kier molecular flexibility index (Phi) is 3.97. The van der Waals surface area contributed by atoms with Crippen LogP contribution in [0, 0.1) is 0 Å². The SMILES string of the molecule is COc1ccc2c(CN(C)C3CCCC3)cc(=O)oc2c1. The van der Waals surface area contributed by atoms with E-state index >= 15 is 0 Å². The summed E-state index contributed by atoms with van der Waals surface area (Å²) in [7, 11) is 3.75. The molecular formula is C17H21NO3. The second-order valence-corrected chi connectivity index (χ2v) is 5.81. The zero-order valence-corrected chi connectivity index (χ0v) is 12.6. The average molecular weight is 287 g/mol. The van der Waals surface area contributed by atoms with E-state index in [1.54, 1.807) is 19.2 Å². The number of hydrogen-bond acceptors (Lipinski definition) is 4. The first-order valence-corrected chi connectivity index (χ1v) is 7.48. The molecule has 112 valence electrons. The van der Waals surface area contributed by atoms with E-state index in [1.165, 1.54) is 25.7 Å². The monoisotopic (exact) mass is 287 g/mol. The lowest BCUT2D eigenvalue weighted by Gasteiger charge is -2.24. The molecule has 1 heterocycles. The van der Waals surface area contributed by atoms with E-state index in [0.29, 0.717) is 17.4 Å². The molecule has 0 aliphatic heterocycles. The highest BCUT2D eigenvalue weighted by Gasteiger charge is 2.20. The van der Waals surface area contributed by atoms with Crippen LogP contribution in [0.15, 0.2) is 33.5 Å². The van der Waals surface area contributed by atoms with Crippen LogP contribution >= 0.6 is 0 Å². The summed E-state index contributed by atoms with van der Waals surface area (Å²) in [6, 6.07) is 7.89. The quantitative estimate of drug-likeness (QED) is 0.810. The Bertz CT molecular complexity index is 686. The molecule has 4 nitrogen and oxygen atoms in total. The Labute approximate surface area is 124 Å². The van der Waals surface area contributed by atoms with Gasteiger partial charge in [-0.3, -0.25) is 4.90 Å². The van der Waals surface area contributed by atoms with Crippen LogP contribution in [0.3, 0.4) is 0 Å². The maximum atomic E-state index is 11.8. The van der Waals surface area contributed by atoms with E-state index in [-0.39, 0.29) is 5.63 Å². The molecule has 1 aromatic heterocycles. The van der Waals surface area contributed by atoms with Gasteiger partial charge in [0.15, 0.2) is 0 Å². The molecular weight excluding hydrogens is 266 g/mol. The Balaban J connectivity index is 1.95. The minimum Gasteiger partial charge on any atom is -0.497 e. The third kappa shape index (κ3) is 2.95. The van der Waals surface area contributed by atoms with Gasteiger partial charge in [0.05, 0.1) is 7.11 Å². The van der Waals surface area contributed by atoms with Crippen molar-refractivity contribution in [1.82, 2.24) is 4.90 Å². The molecule has 2 aromatic rings. The van der Waals surface area contributed by atoms with Gasteiger partial charge in [-0.05, 0) is 37.6 Å². The highest BCUT2D eigenvalue weighted by molar-refractivity contribution is 5.81. The topological polar surface area (TPSA) is 42.7 Å². The molecule has 0 saturated heterocycles. The molecule has 0 bridgehead atoms. The van der Waals surface area contributed by atoms with Crippen molar-refractivity contribution in [3.8, 4) is 5.75 Å². The lowest BCUT2D eigenvalue weighted by molar-refractivity contribution is 0.238. The highest BCUT2D eigenvalue weighted by Crippen LogP contribution is 2.26. The predicted octanol–water partition coefficient (Wildman–Crippen LogP) is 3.18. The largest absolute Gasteiger partial charge is 0.497 e. The van der Waals surface area contributed by atoms with Crippen LogP contribution < -0.4 is 10.4 Å². The summed E-state index contributed by atoms with van der Waals surface area (Å²) in [5, 5.41) is 0.986. The fourth-order valence-corrected chi connectivity index (χ4v) is 3.21. The number of hydrogen-bond donors (Lipinski definition) is 0. The molecule has 0 atom stereocenters. The summed E-state index contributed by atoms with van der Waals surface area (Å²) < 4.78 is 10.5. The fraction of sp³-hybridized carbons (Fsp3) is 0.471. The molecule has 1 aliphatic rings. The number of ether oxygens (including phenoxy) is 1. The first-order valence-electron chi connectivity index (χ1n) is 7.48. The first-order chi connectivity index (χ1) is 10.2. The van der Waals surface area contributed by atoms with Crippen LogP contribution in [-0.4, -0.2) is 25.1 Å². The van der Waals surface area contributed by atoms with Crippen molar-refractivity contribution in [2.75, 3.05) is 14.2 Å². The van der Waals surface area contributed by atoms with Crippen molar-refractivity contribution >= 4 is 11.0 Å². The number of rotatable bonds is 4. The van der Waals surface area contributed by atoms with Crippen molar-refractivity contribution < 1.29 is 9.15 Å². The van der Waals surface area contributed by atoms with Gasteiger partial charge in [0, 0.05) is 30.1 Å². The lowest BCUT2D eigenvalue weighted by Crippen LogP contribution is -2.28. The van der Waals surface area contributed by atoms with Crippen LogP contribution in [0.5, 0.6) is 5.75 Å². The van der Waals surface area contributed by atoms with Gasteiger partial charge < -0.3 is 9.15 Å². The van der Waals surface area contributed by atoms with Gasteiger partial charge in [-0.15, -0.1) is 0 Å². The Morgan fingerprint density at radius 1 is 1.29 bits per heavy atom. The normalized spacial score (nSPS) is 16.0. The van der Waals surface area contributed by atoms with E-state index in [2.05, 4.69) is 11.9 Å². The van der Waals surface area contributed by atoms with Gasteiger partial charge in [0.1, 0.15) is 11.3 Å². The summed E-state index contributed by atoms with van der Waals surface area (Å²) in [6.07, 6.45) is 5.13. The molecule has 0 spiro atoms. The van der Waals surface area contributed by atoms with Gasteiger partial charge in [-0.2, -0.15) is 0 Å². The third-order valence-corrected chi connectivity index (χ3v) is 4.41. The van der Waals surface area contributed by atoms with Crippen molar-refractivity contribution in [1.29, 1.82) is 0 Å². The molecule has 1 aromatic carbocycles. The van der Waals surface area contributed by atoms with E-state index in [4.69, 9.17) is 9.15 Å². The smallest absolute Gasteiger partial charge is 0.336 e. The third-order valence-electron chi connectivity index (χ3n) is 4.41. The summed E-state index contributed by atoms with van der Waals surface area (Å²) in [4.78, 5) is 14.1. The summed E-state index contributed by atoms with van der Waals surface area (Å²) in [5.74, 6) is 0.701. The van der Waals surface area contributed by atoms with E-state index in [9.17, 15) is 4.79 Å². The zero-order valence-electron chi connectivity index (χ0n) is 12.6. The number of fused-ring (bicyclic) bond motifs is 1. The van der Waals surface area contributed by atoms with Gasteiger partial charge in [0.25, 0.3) is 0 Å². The minimum absolute atomic E-state index is 0.300. The molecule has 0 N–H and O–H groups in total. The van der Waals surface area contributed by atoms with E-state index < -0.39 is 0 Å². The van der Waals surface area contributed by atoms with E-state index in [1.807, 2.05) is 12.1 Å². The molecule has 1 fully saturated rings. The van der Waals surface area contributed by atoms with Crippen LogP contribution in [-0.2, 0) is 6.54 Å². The van der Waals surface area contributed by atoms with Crippen LogP contribution in [0.2, 0.25) is 0 Å². The number of nitrogens with zero attached hydrogens (tertiary/aromatic N) is 1. The molecule has 0 amide bonds. The van der Waals surface area contributed by atoms with Crippen molar-refractivity contribution in [3.05, 3.63) is 40.2 Å². The van der Waals surface area contributed by atoms with Crippen LogP contribution in [0.25, 0.3) is 11.0 Å². The summed E-state index contributed by atoms with van der Waals surface area (Å²) in [6.45, 7) is 0.777. The lowest BCUT2D eigenvalue weighted by atomic mass is 10.1. The maximum absolute atomic E-state index is 11.8. The molecule has 0 radical (unpaired) electrons. The second kappa shape index (κ2) is 5.90. The Hall–Kier alpha value is -1.81. The number of benzene rings is 1. The summed E-state index contributed by atoms with van der Waals surface area (Å²) >= 11 is 0. The molecule has 4 heteroatoms.